The molecule has 25 heavy (non-hydrogen) atoms. The Morgan fingerprint density at radius 1 is 0.760 bits per heavy atom. The van der Waals surface area contributed by atoms with Crippen LogP contribution in [-0.2, 0) is 4.74 Å². The van der Waals surface area contributed by atoms with Gasteiger partial charge in [-0.15, -0.1) is 0 Å². The highest BCUT2D eigenvalue weighted by Crippen LogP contribution is 2.06. The average molecular weight is 359 g/mol. The molecule has 0 saturated heterocycles. The number of hydrogen-bond acceptors (Lipinski definition) is 5. The van der Waals surface area contributed by atoms with Crippen molar-refractivity contribution in [1.82, 2.24) is 16.0 Å². The lowest BCUT2D eigenvalue weighted by Gasteiger charge is -2.19. The fourth-order valence-corrected chi connectivity index (χ4v) is 2.40. The molecule has 0 saturated carbocycles. The third-order valence-corrected chi connectivity index (χ3v) is 3.71. The summed E-state index contributed by atoms with van der Waals surface area (Å²) in [5.41, 5.74) is 5.02. The molecule has 0 aromatic carbocycles. The lowest BCUT2D eigenvalue weighted by Crippen LogP contribution is -2.34. The van der Waals surface area contributed by atoms with Crippen LogP contribution in [-0.4, -0.2) is 51.0 Å². The van der Waals surface area contributed by atoms with E-state index in [2.05, 4.69) is 16.0 Å². The first-order chi connectivity index (χ1) is 12.0. The third-order valence-electron chi connectivity index (χ3n) is 3.71. The van der Waals surface area contributed by atoms with E-state index in [0.29, 0.717) is 6.54 Å². The van der Waals surface area contributed by atoms with Crippen molar-refractivity contribution in [2.75, 3.05) is 39.3 Å². The molecule has 0 spiro atoms. The highest BCUT2D eigenvalue weighted by molar-refractivity contribution is 5.67. The minimum Gasteiger partial charge on any atom is -0.444 e. The number of hydrogen-bond donors (Lipinski definition) is 4. The molecule has 5 N–H and O–H groups in total. The molecule has 0 rings (SSSR count). The van der Waals surface area contributed by atoms with Gasteiger partial charge in [0.1, 0.15) is 5.60 Å². The highest BCUT2D eigenvalue weighted by Gasteiger charge is 2.15. The Hall–Kier alpha value is -0.850. The summed E-state index contributed by atoms with van der Waals surface area (Å²) < 4.78 is 5.18. The number of alkyl carbamates (subject to hydrolysis) is 1. The second kappa shape index (κ2) is 16.6. The zero-order valence-corrected chi connectivity index (χ0v) is 16.8. The fourth-order valence-electron chi connectivity index (χ4n) is 2.40. The van der Waals surface area contributed by atoms with E-state index in [1.165, 1.54) is 38.5 Å². The molecule has 0 aliphatic rings. The maximum Gasteiger partial charge on any atom is 0.407 e. The van der Waals surface area contributed by atoms with Crippen LogP contribution in [0.2, 0.25) is 0 Å². The topological polar surface area (TPSA) is 88.4 Å². The maximum absolute atomic E-state index is 11.4. The van der Waals surface area contributed by atoms with Crippen molar-refractivity contribution in [3.05, 3.63) is 0 Å². The van der Waals surface area contributed by atoms with Crippen LogP contribution >= 0.6 is 0 Å². The van der Waals surface area contributed by atoms with Gasteiger partial charge in [0, 0.05) is 6.54 Å². The standard InChI is InChI=1S/C19H42N4O2/c1-19(2,3)25-18(24)23-17-11-16-22-14-9-7-5-4-6-8-13-21-15-10-12-20/h21-22H,4-17,20H2,1-3H3,(H,23,24). The molecule has 0 aromatic heterocycles. The molecule has 150 valence electrons. The maximum atomic E-state index is 11.4. The van der Waals surface area contributed by atoms with Crippen LogP contribution < -0.4 is 21.7 Å². The lowest BCUT2D eigenvalue weighted by molar-refractivity contribution is 0.0527. The number of nitrogens with two attached hydrogens (primary N) is 1. The number of nitrogens with one attached hydrogen (secondary N) is 3. The van der Waals surface area contributed by atoms with Crippen LogP contribution in [0.5, 0.6) is 0 Å². The largest absolute Gasteiger partial charge is 0.444 e. The van der Waals surface area contributed by atoms with Gasteiger partial charge in [-0.1, -0.05) is 25.7 Å². The molecule has 0 fully saturated rings. The number of unbranched alkanes of at least 4 members (excludes halogenated alkanes) is 5. The van der Waals surface area contributed by atoms with E-state index < -0.39 is 5.60 Å². The quantitative estimate of drug-likeness (QED) is 0.319. The number of amides is 1. The van der Waals surface area contributed by atoms with Crippen LogP contribution in [0.4, 0.5) is 4.79 Å². The number of carbonyl (C=O) groups is 1. The molecular formula is C19H42N4O2. The average Bonchev–Trinajstić information content (AvgIpc) is 2.53. The predicted molar refractivity (Wildman–Crippen MR) is 106 cm³/mol. The first kappa shape index (κ1) is 24.1. The van der Waals surface area contributed by atoms with E-state index in [1.54, 1.807) is 0 Å². The molecule has 0 aromatic rings. The van der Waals surface area contributed by atoms with E-state index in [-0.39, 0.29) is 6.09 Å². The predicted octanol–water partition coefficient (Wildman–Crippen LogP) is 2.77. The van der Waals surface area contributed by atoms with Crippen LogP contribution in [0.1, 0.15) is 72.1 Å². The first-order valence-electron chi connectivity index (χ1n) is 10.0. The van der Waals surface area contributed by atoms with E-state index in [1.807, 2.05) is 20.8 Å². The zero-order valence-electron chi connectivity index (χ0n) is 16.8. The Morgan fingerprint density at radius 2 is 1.24 bits per heavy atom. The Balaban J connectivity index is 3.13. The molecule has 0 radical (unpaired) electrons. The summed E-state index contributed by atoms with van der Waals surface area (Å²) in [6.45, 7) is 11.2. The van der Waals surface area contributed by atoms with Gasteiger partial charge in [0.25, 0.3) is 0 Å². The normalized spacial score (nSPS) is 11.5. The minimum absolute atomic E-state index is 0.331. The Labute approximate surface area is 155 Å². The van der Waals surface area contributed by atoms with Gasteiger partial charge < -0.3 is 26.4 Å². The smallest absolute Gasteiger partial charge is 0.407 e. The van der Waals surface area contributed by atoms with E-state index in [4.69, 9.17) is 10.5 Å². The number of ether oxygens (including phenoxy) is 1. The third kappa shape index (κ3) is 21.1. The van der Waals surface area contributed by atoms with Crippen molar-refractivity contribution in [2.24, 2.45) is 5.73 Å². The van der Waals surface area contributed by atoms with Crippen molar-refractivity contribution in [2.45, 2.75) is 77.7 Å². The van der Waals surface area contributed by atoms with Crippen molar-refractivity contribution in [1.29, 1.82) is 0 Å². The second-order valence-electron chi connectivity index (χ2n) is 7.55. The van der Waals surface area contributed by atoms with E-state index in [0.717, 1.165) is 45.6 Å². The summed E-state index contributed by atoms with van der Waals surface area (Å²) in [7, 11) is 0. The first-order valence-corrected chi connectivity index (χ1v) is 10.0. The Kier molecular flexibility index (Phi) is 16.0. The SMILES string of the molecule is CC(C)(C)OC(=O)NCCCNCCCCCCCCNCCCN. The molecule has 1 amide bonds. The van der Waals surface area contributed by atoms with Crippen LogP contribution in [0, 0.1) is 0 Å². The van der Waals surface area contributed by atoms with Crippen molar-refractivity contribution in [3.63, 3.8) is 0 Å². The summed E-state index contributed by atoms with van der Waals surface area (Å²) in [6, 6.07) is 0. The van der Waals surface area contributed by atoms with E-state index in [9.17, 15) is 4.79 Å². The second-order valence-corrected chi connectivity index (χ2v) is 7.55. The number of rotatable bonds is 16. The Bertz CT molecular complexity index is 306. The van der Waals surface area contributed by atoms with Crippen molar-refractivity contribution >= 4 is 6.09 Å². The van der Waals surface area contributed by atoms with Gasteiger partial charge in [0.05, 0.1) is 0 Å². The molecule has 0 unspecified atom stereocenters. The molecule has 0 aliphatic heterocycles. The minimum atomic E-state index is -0.427. The molecule has 0 aliphatic carbocycles. The molecular weight excluding hydrogens is 316 g/mol. The van der Waals surface area contributed by atoms with Crippen LogP contribution in [0.25, 0.3) is 0 Å². The zero-order chi connectivity index (χ0) is 18.8. The van der Waals surface area contributed by atoms with Gasteiger partial charge in [-0.2, -0.15) is 0 Å². The molecule has 0 bridgehead atoms. The van der Waals surface area contributed by atoms with Crippen LogP contribution in [0.15, 0.2) is 0 Å². The highest BCUT2D eigenvalue weighted by atomic mass is 16.6. The summed E-state index contributed by atoms with van der Waals surface area (Å²) in [5.74, 6) is 0. The number of carbonyl (C=O) groups excluding carboxylic acids is 1. The van der Waals surface area contributed by atoms with Gasteiger partial charge in [0.15, 0.2) is 0 Å². The summed E-state index contributed by atoms with van der Waals surface area (Å²) in [6.07, 6.45) is 9.44. The monoisotopic (exact) mass is 358 g/mol. The van der Waals surface area contributed by atoms with Crippen molar-refractivity contribution < 1.29 is 9.53 Å². The molecule has 0 atom stereocenters. The van der Waals surface area contributed by atoms with Gasteiger partial charge in [0.2, 0.25) is 0 Å². The van der Waals surface area contributed by atoms with Crippen molar-refractivity contribution in [3.8, 4) is 0 Å². The van der Waals surface area contributed by atoms with E-state index >= 15 is 0 Å². The summed E-state index contributed by atoms with van der Waals surface area (Å²) >= 11 is 0. The summed E-state index contributed by atoms with van der Waals surface area (Å²) in [4.78, 5) is 11.4. The molecule has 6 nitrogen and oxygen atoms in total. The molecule has 6 heteroatoms. The Morgan fingerprint density at radius 3 is 1.76 bits per heavy atom. The van der Waals surface area contributed by atoms with Gasteiger partial charge >= 0.3 is 6.09 Å². The summed E-state index contributed by atoms with van der Waals surface area (Å²) in [5, 5.41) is 9.61. The van der Waals surface area contributed by atoms with Gasteiger partial charge in [-0.05, 0) is 79.2 Å². The van der Waals surface area contributed by atoms with Gasteiger partial charge in [-0.3, -0.25) is 0 Å². The molecule has 0 heterocycles. The van der Waals surface area contributed by atoms with Gasteiger partial charge in [-0.25, -0.2) is 4.79 Å². The lowest BCUT2D eigenvalue weighted by atomic mass is 10.1. The fraction of sp³-hybridized carbons (Fsp3) is 0.947. The van der Waals surface area contributed by atoms with Crippen LogP contribution in [0.3, 0.4) is 0 Å².